The largest absolute Gasteiger partial charge is 0.462 e. The lowest BCUT2D eigenvalue weighted by molar-refractivity contribution is -0.117. The zero-order valence-electron chi connectivity index (χ0n) is 12.9. The predicted molar refractivity (Wildman–Crippen MR) is 83.1 cm³/mol. The molecule has 0 saturated heterocycles. The summed E-state index contributed by atoms with van der Waals surface area (Å²) < 4.78 is 5.03. The van der Waals surface area contributed by atoms with Crippen molar-refractivity contribution in [1.29, 1.82) is 0 Å². The van der Waals surface area contributed by atoms with E-state index < -0.39 is 6.04 Å². The number of benzene rings is 1. The molecular weight excluding hydrogens is 268 g/mol. The highest BCUT2D eigenvalue weighted by molar-refractivity contribution is 5.95. The molecular formula is C16H24N2O3. The number of hydrogen-bond donors (Lipinski definition) is 2. The summed E-state index contributed by atoms with van der Waals surface area (Å²) in [6, 6.07) is 6.06. The first-order valence-electron chi connectivity index (χ1n) is 7.27. The van der Waals surface area contributed by atoms with Crippen LogP contribution in [0.4, 0.5) is 5.69 Å². The van der Waals surface area contributed by atoms with Gasteiger partial charge in [-0.05, 0) is 43.0 Å². The summed E-state index contributed by atoms with van der Waals surface area (Å²) in [5, 5.41) is 2.74. The molecule has 21 heavy (non-hydrogen) atoms. The van der Waals surface area contributed by atoms with Crippen LogP contribution in [-0.2, 0) is 9.53 Å². The fourth-order valence-electron chi connectivity index (χ4n) is 1.82. The zero-order chi connectivity index (χ0) is 15.8. The van der Waals surface area contributed by atoms with Gasteiger partial charge in [-0.25, -0.2) is 4.79 Å². The maximum Gasteiger partial charge on any atom is 0.338 e. The van der Waals surface area contributed by atoms with Crippen LogP contribution in [0.15, 0.2) is 24.3 Å². The topological polar surface area (TPSA) is 81.4 Å². The molecule has 5 heteroatoms. The molecule has 1 aromatic rings. The Bertz CT molecular complexity index is 469. The molecule has 1 unspecified atom stereocenters. The lowest BCUT2D eigenvalue weighted by atomic mass is 10.0. The number of nitrogens with one attached hydrogen (secondary N) is 1. The van der Waals surface area contributed by atoms with Crippen LogP contribution >= 0.6 is 0 Å². The van der Waals surface area contributed by atoms with Gasteiger partial charge in [-0.15, -0.1) is 0 Å². The Morgan fingerprint density at radius 3 is 2.38 bits per heavy atom. The molecule has 1 amide bonds. The van der Waals surface area contributed by atoms with Gasteiger partial charge in [0, 0.05) is 5.69 Å². The van der Waals surface area contributed by atoms with E-state index in [0.717, 1.165) is 6.42 Å². The highest BCUT2D eigenvalue weighted by Crippen LogP contribution is 2.12. The summed E-state index contributed by atoms with van der Waals surface area (Å²) in [4.78, 5) is 23.5. The third-order valence-electron chi connectivity index (χ3n) is 2.89. The molecule has 0 aliphatic heterocycles. The molecule has 5 nitrogen and oxygen atoms in total. The number of carbonyl (C=O) groups is 2. The lowest BCUT2D eigenvalue weighted by Gasteiger charge is -2.14. The van der Waals surface area contributed by atoms with Gasteiger partial charge >= 0.3 is 5.97 Å². The number of ether oxygens (including phenoxy) is 1. The summed E-state index contributed by atoms with van der Waals surface area (Å²) in [7, 11) is 0. The standard InChI is InChI=1S/C16H24N2O3/c1-4-9-21-16(20)12-5-7-13(8-6-12)18-15(19)14(17)10-11(2)3/h5-8,11,14H,4,9-10,17H2,1-3H3,(H,18,19). The maximum absolute atomic E-state index is 11.9. The van der Waals surface area contributed by atoms with Gasteiger partial charge in [0.1, 0.15) is 0 Å². The third-order valence-corrected chi connectivity index (χ3v) is 2.89. The smallest absolute Gasteiger partial charge is 0.338 e. The Balaban J connectivity index is 2.58. The van der Waals surface area contributed by atoms with Crippen LogP contribution in [0.1, 0.15) is 44.0 Å². The highest BCUT2D eigenvalue weighted by Gasteiger charge is 2.15. The van der Waals surface area contributed by atoms with Crippen LogP contribution in [0.2, 0.25) is 0 Å². The van der Waals surface area contributed by atoms with E-state index in [2.05, 4.69) is 5.32 Å². The minimum absolute atomic E-state index is 0.218. The Labute approximate surface area is 125 Å². The molecule has 0 bridgehead atoms. The van der Waals surface area contributed by atoms with Gasteiger partial charge in [-0.2, -0.15) is 0 Å². The average molecular weight is 292 g/mol. The summed E-state index contributed by atoms with van der Waals surface area (Å²) in [5.41, 5.74) is 6.90. The second kappa shape index (κ2) is 8.42. The number of nitrogens with two attached hydrogens (primary N) is 1. The van der Waals surface area contributed by atoms with Crippen molar-refractivity contribution >= 4 is 17.6 Å². The number of amides is 1. The van der Waals surface area contributed by atoms with Gasteiger partial charge in [-0.3, -0.25) is 4.79 Å². The first kappa shape index (κ1) is 17.2. The molecule has 0 heterocycles. The molecule has 0 saturated carbocycles. The molecule has 0 aliphatic rings. The second-order valence-corrected chi connectivity index (χ2v) is 5.44. The number of anilines is 1. The molecule has 1 aromatic carbocycles. The zero-order valence-corrected chi connectivity index (χ0v) is 12.9. The van der Waals surface area contributed by atoms with E-state index in [4.69, 9.17) is 10.5 Å². The van der Waals surface area contributed by atoms with Crippen LogP contribution in [0.3, 0.4) is 0 Å². The SMILES string of the molecule is CCCOC(=O)c1ccc(NC(=O)C(N)CC(C)C)cc1. The maximum atomic E-state index is 11.9. The molecule has 3 N–H and O–H groups in total. The van der Waals surface area contributed by atoms with Gasteiger partial charge in [0.15, 0.2) is 0 Å². The third kappa shape index (κ3) is 5.95. The van der Waals surface area contributed by atoms with Crippen LogP contribution in [-0.4, -0.2) is 24.5 Å². The first-order valence-corrected chi connectivity index (χ1v) is 7.27. The molecule has 0 fully saturated rings. The van der Waals surface area contributed by atoms with Gasteiger partial charge in [0.05, 0.1) is 18.2 Å². The van der Waals surface area contributed by atoms with Crippen molar-refractivity contribution in [3.8, 4) is 0 Å². The van der Waals surface area contributed by atoms with Crippen molar-refractivity contribution in [1.82, 2.24) is 0 Å². The number of esters is 1. The summed E-state index contributed by atoms with van der Waals surface area (Å²) in [6.07, 6.45) is 1.42. The minimum Gasteiger partial charge on any atom is -0.462 e. The molecule has 0 spiro atoms. The molecule has 0 aromatic heterocycles. The van der Waals surface area contributed by atoms with Crippen molar-refractivity contribution < 1.29 is 14.3 Å². The number of carbonyl (C=O) groups excluding carboxylic acids is 2. The second-order valence-electron chi connectivity index (χ2n) is 5.44. The summed E-state index contributed by atoms with van der Waals surface area (Å²) >= 11 is 0. The van der Waals surface area contributed by atoms with E-state index in [9.17, 15) is 9.59 Å². The van der Waals surface area contributed by atoms with Crippen molar-refractivity contribution in [2.45, 2.75) is 39.7 Å². The Kier molecular flexibility index (Phi) is 6.88. The monoisotopic (exact) mass is 292 g/mol. The van der Waals surface area contributed by atoms with Crippen molar-refractivity contribution in [2.24, 2.45) is 11.7 Å². The van der Waals surface area contributed by atoms with Crippen molar-refractivity contribution in [3.63, 3.8) is 0 Å². The minimum atomic E-state index is -0.529. The molecule has 1 rings (SSSR count). The van der Waals surface area contributed by atoms with E-state index in [0.29, 0.717) is 30.2 Å². The fourth-order valence-corrected chi connectivity index (χ4v) is 1.82. The van der Waals surface area contributed by atoms with E-state index in [1.165, 1.54) is 0 Å². The summed E-state index contributed by atoms with van der Waals surface area (Å²) in [5.74, 6) is -0.210. The van der Waals surface area contributed by atoms with Gasteiger partial charge in [-0.1, -0.05) is 20.8 Å². The van der Waals surface area contributed by atoms with Crippen LogP contribution in [0.25, 0.3) is 0 Å². The number of rotatable bonds is 7. The highest BCUT2D eigenvalue weighted by atomic mass is 16.5. The van der Waals surface area contributed by atoms with E-state index in [1.54, 1.807) is 24.3 Å². The van der Waals surface area contributed by atoms with Crippen molar-refractivity contribution in [2.75, 3.05) is 11.9 Å². The Morgan fingerprint density at radius 1 is 1.24 bits per heavy atom. The predicted octanol–water partition coefficient (Wildman–Crippen LogP) is 2.57. The Morgan fingerprint density at radius 2 is 1.86 bits per heavy atom. The van der Waals surface area contributed by atoms with E-state index in [-0.39, 0.29) is 11.9 Å². The van der Waals surface area contributed by atoms with Crippen LogP contribution in [0, 0.1) is 5.92 Å². The lowest BCUT2D eigenvalue weighted by Crippen LogP contribution is -2.36. The van der Waals surface area contributed by atoms with Crippen molar-refractivity contribution in [3.05, 3.63) is 29.8 Å². The van der Waals surface area contributed by atoms with Gasteiger partial charge < -0.3 is 15.8 Å². The molecule has 1 atom stereocenters. The van der Waals surface area contributed by atoms with Crippen LogP contribution < -0.4 is 11.1 Å². The van der Waals surface area contributed by atoms with Gasteiger partial charge in [0.25, 0.3) is 0 Å². The van der Waals surface area contributed by atoms with E-state index >= 15 is 0 Å². The average Bonchev–Trinajstić information content (AvgIpc) is 2.44. The fraction of sp³-hybridized carbons (Fsp3) is 0.500. The first-order chi connectivity index (χ1) is 9.93. The summed E-state index contributed by atoms with van der Waals surface area (Å²) in [6.45, 7) is 6.38. The molecule has 0 radical (unpaired) electrons. The molecule has 0 aliphatic carbocycles. The Hall–Kier alpha value is -1.88. The number of hydrogen-bond acceptors (Lipinski definition) is 4. The van der Waals surface area contributed by atoms with E-state index in [1.807, 2.05) is 20.8 Å². The van der Waals surface area contributed by atoms with Gasteiger partial charge in [0.2, 0.25) is 5.91 Å². The quantitative estimate of drug-likeness (QED) is 0.757. The molecule has 116 valence electrons. The van der Waals surface area contributed by atoms with Crippen LogP contribution in [0.5, 0.6) is 0 Å². The normalized spacial score (nSPS) is 12.0.